The molecule has 0 N–H and O–H groups in total. The summed E-state index contributed by atoms with van der Waals surface area (Å²) in [6.07, 6.45) is 3.99. The molecule has 0 spiro atoms. The number of hydrogen-bond acceptors (Lipinski definition) is 3. The highest BCUT2D eigenvalue weighted by molar-refractivity contribution is 7.98. The zero-order chi connectivity index (χ0) is 17.6. The molecule has 126 valence electrons. The molecule has 0 aliphatic carbocycles. The standard InChI is InChI=1S/C19H16ClN3OS/c1-12-10-22-17-8-7-13(25-2)9-15(17)19(23(24)11-18(22)21-12)14-5-3-4-6-16(14)20/h3-10H,11H2,1-2H3. The van der Waals surface area contributed by atoms with Crippen LogP contribution >= 0.6 is 23.4 Å². The Kier molecular flexibility index (Phi) is 4.06. The third-order valence-corrected chi connectivity index (χ3v) is 5.34. The fourth-order valence-electron chi connectivity index (χ4n) is 3.18. The van der Waals surface area contributed by atoms with Crippen molar-refractivity contribution in [2.75, 3.05) is 6.26 Å². The highest BCUT2D eigenvalue weighted by Crippen LogP contribution is 2.30. The molecule has 3 aromatic rings. The lowest BCUT2D eigenvalue weighted by Gasteiger charge is -2.13. The maximum absolute atomic E-state index is 13.1. The summed E-state index contributed by atoms with van der Waals surface area (Å²) < 4.78 is 3.00. The molecule has 0 saturated heterocycles. The van der Waals surface area contributed by atoms with Crippen molar-refractivity contribution in [1.29, 1.82) is 0 Å². The third-order valence-electron chi connectivity index (χ3n) is 4.28. The van der Waals surface area contributed by atoms with Gasteiger partial charge in [-0.05, 0) is 43.5 Å². The van der Waals surface area contributed by atoms with Gasteiger partial charge in [0.1, 0.15) is 0 Å². The molecule has 0 bridgehead atoms. The van der Waals surface area contributed by atoms with Crippen LogP contribution in [0.2, 0.25) is 5.02 Å². The van der Waals surface area contributed by atoms with E-state index < -0.39 is 0 Å². The first-order chi connectivity index (χ1) is 12.1. The number of aryl methyl sites for hydroxylation is 1. The van der Waals surface area contributed by atoms with Gasteiger partial charge in [0.05, 0.1) is 27.5 Å². The lowest BCUT2D eigenvalue weighted by atomic mass is 10.0. The van der Waals surface area contributed by atoms with Gasteiger partial charge in [0.25, 0.3) is 0 Å². The highest BCUT2D eigenvalue weighted by Gasteiger charge is 2.28. The van der Waals surface area contributed by atoms with E-state index in [2.05, 4.69) is 11.1 Å². The van der Waals surface area contributed by atoms with Crippen molar-refractivity contribution in [2.24, 2.45) is 0 Å². The summed E-state index contributed by atoms with van der Waals surface area (Å²) in [6.45, 7) is 2.11. The second kappa shape index (κ2) is 6.24. The van der Waals surface area contributed by atoms with Crippen LogP contribution in [0.4, 0.5) is 0 Å². The Morgan fingerprint density at radius 1 is 1.20 bits per heavy atom. The average molecular weight is 370 g/mol. The van der Waals surface area contributed by atoms with Crippen molar-refractivity contribution in [2.45, 2.75) is 18.4 Å². The Morgan fingerprint density at radius 3 is 2.76 bits per heavy atom. The molecule has 0 unspecified atom stereocenters. The molecule has 1 aliphatic rings. The molecule has 2 heterocycles. The van der Waals surface area contributed by atoms with Crippen LogP contribution in [-0.2, 0) is 6.54 Å². The summed E-state index contributed by atoms with van der Waals surface area (Å²) in [5, 5.41) is 13.6. The van der Waals surface area contributed by atoms with Gasteiger partial charge in [-0.2, -0.15) is 4.74 Å². The van der Waals surface area contributed by atoms with Crippen molar-refractivity contribution in [3.05, 3.63) is 81.5 Å². The second-order valence-electron chi connectivity index (χ2n) is 5.92. The van der Waals surface area contributed by atoms with E-state index in [1.54, 1.807) is 11.8 Å². The minimum Gasteiger partial charge on any atom is -0.623 e. The summed E-state index contributed by atoms with van der Waals surface area (Å²) in [7, 11) is 0. The van der Waals surface area contributed by atoms with Gasteiger partial charge in [-0.3, -0.25) is 4.57 Å². The molecule has 0 radical (unpaired) electrons. The second-order valence-corrected chi connectivity index (χ2v) is 7.20. The Morgan fingerprint density at radius 2 is 2.00 bits per heavy atom. The average Bonchev–Trinajstić information content (AvgIpc) is 2.92. The van der Waals surface area contributed by atoms with Gasteiger partial charge in [-0.15, -0.1) is 11.8 Å². The Hall–Kier alpha value is -2.24. The molecule has 1 aromatic heterocycles. The van der Waals surface area contributed by atoms with Crippen LogP contribution in [0.3, 0.4) is 0 Å². The lowest BCUT2D eigenvalue weighted by Crippen LogP contribution is -2.18. The molecule has 4 rings (SSSR count). The number of thioether (sulfide) groups is 1. The van der Waals surface area contributed by atoms with E-state index in [4.69, 9.17) is 11.6 Å². The first kappa shape index (κ1) is 16.2. The molecule has 4 nitrogen and oxygen atoms in total. The molecule has 25 heavy (non-hydrogen) atoms. The molecule has 6 heteroatoms. The maximum Gasteiger partial charge on any atom is 0.229 e. The van der Waals surface area contributed by atoms with Gasteiger partial charge in [-0.25, -0.2) is 4.98 Å². The predicted molar refractivity (Wildman–Crippen MR) is 102 cm³/mol. The topological polar surface area (TPSA) is 43.9 Å². The Bertz CT molecular complexity index is 1010. The van der Waals surface area contributed by atoms with Gasteiger partial charge < -0.3 is 5.21 Å². The minimum absolute atomic E-state index is 0.178. The SMILES string of the molecule is CSc1ccc2c(c1)C(c1ccccc1Cl)=[N+]([O-])Cc1nc(C)cn1-2. The highest BCUT2D eigenvalue weighted by atomic mass is 35.5. The van der Waals surface area contributed by atoms with Crippen molar-refractivity contribution in [3.63, 3.8) is 0 Å². The summed E-state index contributed by atoms with van der Waals surface area (Å²) in [5.74, 6) is 0.729. The normalized spacial score (nSPS) is 13.4. The summed E-state index contributed by atoms with van der Waals surface area (Å²) >= 11 is 8.06. The van der Waals surface area contributed by atoms with Crippen molar-refractivity contribution in [1.82, 2.24) is 9.55 Å². The van der Waals surface area contributed by atoms with E-state index in [9.17, 15) is 5.21 Å². The number of rotatable bonds is 2. The Labute approximate surface area is 155 Å². The van der Waals surface area contributed by atoms with Crippen LogP contribution in [-0.4, -0.2) is 26.3 Å². The van der Waals surface area contributed by atoms with Gasteiger partial charge in [0.2, 0.25) is 12.3 Å². The number of hydrogen-bond donors (Lipinski definition) is 0. The van der Waals surface area contributed by atoms with Gasteiger partial charge in [0.15, 0.2) is 5.82 Å². The van der Waals surface area contributed by atoms with Gasteiger partial charge in [0, 0.05) is 11.1 Å². The molecule has 1 aliphatic heterocycles. The number of benzene rings is 2. The molecular weight excluding hydrogens is 354 g/mol. The number of imidazole rings is 1. The van der Waals surface area contributed by atoms with Crippen molar-refractivity contribution in [3.8, 4) is 5.69 Å². The first-order valence-electron chi connectivity index (χ1n) is 7.88. The lowest BCUT2D eigenvalue weighted by molar-refractivity contribution is -0.475. The van der Waals surface area contributed by atoms with Gasteiger partial charge in [-0.1, -0.05) is 23.7 Å². The molecule has 0 amide bonds. The van der Waals surface area contributed by atoms with Crippen LogP contribution in [0, 0.1) is 12.1 Å². The van der Waals surface area contributed by atoms with Gasteiger partial charge >= 0.3 is 0 Å². The monoisotopic (exact) mass is 369 g/mol. The molecular formula is C19H16ClN3OS. The zero-order valence-corrected chi connectivity index (χ0v) is 15.4. The zero-order valence-electron chi connectivity index (χ0n) is 13.9. The maximum atomic E-state index is 13.1. The van der Waals surface area contributed by atoms with E-state index in [0.29, 0.717) is 10.7 Å². The minimum atomic E-state index is 0.178. The van der Waals surface area contributed by atoms with Crippen LogP contribution < -0.4 is 0 Å². The fraction of sp³-hybridized carbons (Fsp3) is 0.158. The molecule has 2 aromatic carbocycles. The van der Waals surface area contributed by atoms with E-state index in [0.717, 1.165) is 38.0 Å². The molecule has 0 fully saturated rings. The van der Waals surface area contributed by atoms with E-state index in [1.807, 2.05) is 60.3 Å². The summed E-state index contributed by atoms with van der Waals surface area (Å²) in [6, 6.07) is 13.6. The molecule has 0 saturated carbocycles. The summed E-state index contributed by atoms with van der Waals surface area (Å²) in [4.78, 5) is 5.62. The predicted octanol–water partition coefficient (Wildman–Crippen LogP) is 4.42. The van der Waals surface area contributed by atoms with Crippen LogP contribution in [0.15, 0.2) is 53.6 Å². The number of aromatic nitrogens is 2. The smallest absolute Gasteiger partial charge is 0.229 e. The number of nitrogens with zero attached hydrogens (tertiary/aromatic N) is 3. The van der Waals surface area contributed by atoms with Crippen LogP contribution in [0.25, 0.3) is 5.69 Å². The third kappa shape index (κ3) is 2.73. The van der Waals surface area contributed by atoms with Crippen LogP contribution in [0.1, 0.15) is 22.6 Å². The summed E-state index contributed by atoms with van der Waals surface area (Å²) in [5.41, 5.74) is 4.03. The van der Waals surface area contributed by atoms with E-state index in [-0.39, 0.29) is 6.54 Å². The molecule has 0 atom stereocenters. The quantitative estimate of drug-likeness (QED) is 0.381. The van der Waals surface area contributed by atoms with Crippen molar-refractivity contribution < 1.29 is 4.74 Å². The van der Waals surface area contributed by atoms with E-state index >= 15 is 0 Å². The number of fused-ring (bicyclic) bond motifs is 3. The van der Waals surface area contributed by atoms with Crippen molar-refractivity contribution >= 4 is 29.1 Å². The largest absolute Gasteiger partial charge is 0.623 e. The first-order valence-corrected chi connectivity index (χ1v) is 9.49. The fourth-order valence-corrected chi connectivity index (χ4v) is 3.85. The van der Waals surface area contributed by atoms with E-state index in [1.165, 1.54) is 0 Å². The van der Waals surface area contributed by atoms with Crippen LogP contribution in [0.5, 0.6) is 0 Å². The Balaban J connectivity index is 2.06. The number of halogens is 1. The number of hydroxylamine groups is 1.